The number of hydrogen-bond donors (Lipinski definition) is 1. The summed E-state index contributed by atoms with van der Waals surface area (Å²) in [7, 11) is 0. The Morgan fingerprint density at radius 1 is 1.33 bits per heavy atom. The van der Waals surface area contributed by atoms with E-state index in [2.05, 4.69) is 29.4 Å². The summed E-state index contributed by atoms with van der Waals surface area (Å²) in [6.45, 7) is 6.37. The molecule has 1 heterocycles. The van der Waals surface area contributed by atoms with E-state index in [0.29, 0.717) is 16.5 Å². The Labute approximate surface area is 133 Å². The predicted octanol–water partition coefficient (Wildman–Crippen LogP) is 4.18. The highest BCUT2D eigenvalue weighted by molar-refractivity contribution is 7.14. The summed E-state index contributed by atoms with van der Waals surface area (Å²) in [4.78, 5) is 0. The summed E-state index contributed by atoms with van der Waals surface area (Å²) in [5, 5.41) is 13.4. The van der Waals surface area contributed by atoms with E-state index in [4.69, 9.17) is 11.6 Å². The molecule has 0 amide bonds. The molecule has 3 nitrogen and oxygen atoms in total. The lowest BCUT2D eigenvalue weighted by atomic mass is 10.2. The smallest absolute Gasteiger partial charge is 0.149 e. The van der Waals surface area contributed by atoms with Crippen LogP contribution in [0.4, 0.5) is 4.39 Å². The van der Waals surface area contributed by atoms with Gasteiger partial charge in [0.25, 0.3) is 0 Å². The fraction of sp³-hybridized carbons (Fsp3) is 0.467. The van der Waals surface area contributed by atoms with Gasteiger partial charge in [-0.1, -0.05) is 48.9 Å². The molecule has 1 aromatic heterocycles. The van der Waals surface area contributed by atoms with Gasteiger partial charge in [0.1, 0.15) is 15.8 Å². The monoisotopic (exact) mass is 327 g/mol. The minimum atomic E-state index is -0.427. The third kappa shape index (κ3) is 4.73. The van der Waals surface area contributed by atoms with E-state index in [1.54, 1.807) is 12.1 Å². The van der Waals surface area contributed by atoms with Crippen molar-refractivity contribution in [1.29, 1.82) is 0 Å². The SMILES string of the molecule is CC(C)CNCCCc1nnc(-c2cccc(F)c2Cl)s1. The molecule has 0 radical (unpaired) electrons. The molecule has 114 valence electrons. The zero-order valence-electron chi connectivity index (χ0n) is 12.2. The summed E-state index contributed by atoms with van der Waals surface area (Å²) < 4.78 is 13.4. The third-order valence-electron chi connectivity index (χ3n) is 2.95. The van der Waals surface area contributed by atoms with Crippen molar-refractivity contribution < 1.29 is 4.39 Å². The highest BCUT2D eigenvalue weighted by Gasteiger charge is 2.12. The van der Waals surface area contributed by atoms with Gasteiger partial charge in [-0.05, 0) is 31.5 Å². The van der Waals surface area contributed by atoms with Gasteiger partial charge in [0.15, 0.2) is 0 Å². The second-order valence-corrected chi connectivity index (χ2v) is 6.74. The van der Waals surface area contributed by atoms with Gasteiger partial charge in [0.2, 0.25) is 0 Å². The molecule has 0 aliphatic heterocycles. The molecular weight excluding hydrogens is 309 g/mol. The van der Waals surface area contributed by atoms with Gasteiger partial charge in [-0.15, -0.1) is 10.2 Å². The van der Waals surface area contributed by atoms with Crippen LogP contribution < -0.4 is 5.32 Å². The topological polar surface area (TPSA) is 37.8 Å². The summed E-state index contributed by atoms with van der Waals surface area (Å²) in [6.07, 6.45) is 1.88. The predicted molar refractivity (Wildman–Crippen MR) is 86.3 cm³/mol. The maximum absolute atomic E-state index is 13.4. The van der Waals surface area contributed by atoms with Crippen molar-refractivity contribution in [2.45, 2.75) is 26.7 Å². The number of nitrogens with zero attached hydrogens (tertiary/aromatic N) is 2. The van der Waals surface area contributed by atoms with Crippen LogP contribution in [0.5, 0.6) is 0 Å². The van der Waals surface area contributed by atoms with E-state index in [0.717, 1.165) is 30.9 Å². The van der Waals surface area contributed by atoms with Crippen LogP contribution in [-0.2, 0) is 6.42 Å². The largest absolute Gasteiger partial charge is 0.316 e. The molecule has 0 saturated heterocycles. The number of nitrogens with one attached hydrogen (secondary N) is 1. The van der Waals surface area contributed by atoms with Crippen LogP contribution in [0.15, 0.2) is 18.2 Å². The second-order valence-electron chi connectivity index (χ2n) is 5.30. The molecule has 0 unspecified atom stereocenters. The molecule has 0 bridgehead atoms. The molecule has 0 fully saturated rings. The fourth-order valence-corrected chi connectivity index (χ4v) is 3.07. The van der Waals surface area contributed by atoms with Crippen LogP contribution in [0.1, 0.15) is 25.3 Å². The van der Waals surface area contributed by atoms with Gasteiger partial charge < -0.3 is 5.32 Å². The molecule has 1 aromatic carbocycles. The van der Waals surface area contributed by atoms with Gasteiger partial charge in [-0.2, -0.15) is 0 Å². The molecule has 0 aliphatic carbocycles. The maximum Gasteiger partial charge on any atom is 0.149 e. The van der Waals surface area contributed by atoms with Crippen LogP contribution in [0.3, 0.4) is 0 Å². The lowest BCUT2D eigenvalue weighted by molar-refractivity contribution is 0.542. The van der Waals surface area contributed by atoms with Crippen molar-refractivity contribution in [3.8, 4) is 10.6 Å². The number of hydrogen-bond acceptors (Lipinski definition) is 4. The molecule has 0 saturated carbocycles. The standard InChI is InChI=1S/C15H19ClFN3S/c1-10(2)9-18-8-4-7-13-19-20-15(21-13)11-5-3-6-12(17)14(11)16/h3,5-6,10,18H,4,7-9H2,1-2H3. The molecular formula is C15H19ClFN3S. The van der Waals surface area contributed by atoms with E-state index in [1.165, 1.54) is 17.4 Å². The first-order chi connectivity index (χ1) is 10.1. The third-order valence-corrected chi connectivity index (χ3v) is 4.35. The van der Waals surface area contributed by atoms with Gasteiger partial charge >= 0.3 is 0 Å². The normalized spacial score (nSPS) is 11.3. The lowest BCUT2D eigenvalue weighted by Gasteiger charge is -2.05. The van der Waals surface area contributed by atoms with Crippen LogP contribution >= 0.6 is 22.9 Å². The summed E-state index contributed by atoms with van der Waals surface area (Å²) in [5.41, 5.74) is 0.610. The summed E-state index contributed by atoms with van der Waals surface area (Å²) in [6, 6.07) is 4.74. The van der Waals surface area contributed by atoms with Gasteiger partial charge in [0.05, 0.1) is 5.02 Å². The van der Waals surface area contributed by atoms with E-state index >= 15 is 0 Å². The quantitative estimate of drug-likeness (QED) is 0.775. The zero-order chi connectivity index (χ0) is 15.2. The van der Waals surface area contributed by atoms with E-state index in [1.807, 2.05) is 0 Å². The molecule has 0 atom stereocenters. The van der Waals surface area contributed by atoms with E-state index < -0.39 is 5.82 Å². The molecule has 6 heteroatoms. The van der Waals surface area contributed by atoms with E-state index in [9.17, 15) is 4.39 Å². The van der Waals surface area contributed by atoms with Crippen molar-refractivity contribution >= 4 is 22.9 Å². The molecule has 0 spiro atoms. The number of benzene rings is 1. The van der Waals surface area contributed by atoms with Crippen LogP contribution in [-0.4, -0.2) is 23.3 Å². The van der Waals surface area contributed by atoms with Crippen molar-refractivity contribution in [1.82, 2.24) is 15.5 Å². The van der Waals surface area contributed by atoms with Crippen molar-refractivity contribution in [3.63, 3.8) is 0 Å². The Morgan fingerprint density at radius 3 is 2.90 bits per heavy atom. The first-order valence-corrected chi connectivity index (χ1v) is 8.25. The average molecular weight is 328 g/mol. The zero-order valence-corrected chi connectivity index (χ0v) is 13.8. The number of aromatic nitrogens is 2. The minimum absolute atomic E-state index is 0.110. The first-order valence-electron chi connectivity index (χ1n) is 7.05. The number of rotatable bonds is 7. The Morgan fingerprint density at radius 2 is 2.14 bits per heavy atom. The van der Waals surface area contributed by atoms with Crippen molar-refractivity contribution in [2.75, 3.05) is 13.1 Å². The molecule has 2 rings (SSSR count). The first kappa shape index (κ1) is 16.3. The summed E-state index contributed by atoms with van der Waals surface area (Å²) >= 11 is 7.44. The highest BCUT2D eigenvalue weighted by Crippen LogP contribution is 2.32. The molecule has 0 aliphatic rings. The van der Waals surface area contributed by atoms with Gasteiger partial charge in [0, 0.05) is 12.0 Å². The molecule has 1 N–H and O–H groups in total. The van der Waals surface area contributed by atoms with Gasteiger partial charge in [-0.25, -0.2) is 4.39 Å². The Balaban J connectivity index is 1.91. The van der Waals surface area contributed by atoms with Crippen molar-refractivity contribution in [3.05, 3.63) is 34.0 Å². The maximum atomic E-state index is 13.4. The summed E-state index contributed by atoms with van der Waals surface area (Å²) in [5.74, 6) is 0.233. The highest BCUT2D eigenvalue weighted by atomic mass is 35.5. The fourth-order valence-electron chi connectivity index (χ4n) is 1.89. The van der Waals surface area contributed by atoms with Gasteiger partial charge in [-0.3, -0.25) is 0 Å². The van der Waals surface area contributed by atoms with Crippen LogP contribution in [0, 0.1) is 11.7 Å². The number of halogens is 2. The Kier molecular flexibility index (Phi) is 6.08. The number of aryl methyl sites for hydroxylation is 1. The van der Waals surface area contributed by atoms with E-state index in [-0.39, 0.29) is 5.02 Å². The lowest BCUT2D eigenvalue weighted by Crippen LogP contribution is -2.21. The van der Waals surface area contributed by atoms with Crippen LogP contribution in [0.25, 0.3) is 10.6 Å². The molecule has 2 aromatic rings. The minimum Gasteiger partial charge on any atom is -0.316 e. The van der Waals surface area contributed by atoms with Crippen LogP contribution in [0.2, 0.25) is 5.02 Å². The Bertz CT molecular complexity index is 586. The van der Waals surface area contributed by atoms with Crippen molar-refractivity contribution in [2.24, 2.45) is 5.92 Å². The Hall–Kier alpha value is -1.04. The average Bonchev–Trinajstić information content (AvgIpc) is 2.90. The molecule has 21 heavy (non-hydrogen) atoms. The second kappa shape index (κ2) is 7.82.